The zero-order valence-corrected chi connectivity index (χ0v) is 11.1. The van der Waals surface area contributed by atoms with Gasteiger partial charge >= 0.3 is 0 Å². The van der Waals surface area contributed by atoms with Crippen LogP contribution in [0.25, 0.3) is 22.0 Å². The lowest BCUT2D eigenvalue weighted by atomic mass is 10.2. The standard InChI is InChI=1S/C15H15N3O2/c19-14-2-1-8-18(14)9-6-13-17-15-10-5-7-16-11(10)3-4-12(15)20-13/h3-5,7,16H,1-2,6,8-9H2. The lowest BCUT2D eigenvalue weighted by Gasteiger charge is -2.13. The normalized spacial score (nSPS) is 15.8. The van der Waals surface area contributed by atoms with Crippen molar-refractivity contribution in [2.45, 2.75) is 19.3 Å². The zero-order valence-electron chi connectivity index (χ0n) is 11.1. The minimum Gasteiger partial charge on any atom is -0.441 e. The van der Waals surface area contributed by atoms with Crippen molar-refractivity contribution in [1.82, 2.24) is 14.9 Å². The van der Waals surface area contributed by atoms with Crippen LogP contribution in [0.4, 0.5) is 0 Å². The molecule has 1 aliphatic heterocycles. The smallest absolute Gasteiger partial charge is 0.222 e. The fourth-order valence-electron chi connectivity index (χ4n) is 2.85. The molecule has 1 aromatic carbocycles. The fourth-order valence-corrected chi connectivity index (χ4v) is 2.85. The van der Waals surface area contributed by atoms with Gasteiger partial charge in [-0.15, -0.1) is 0 Å². The number of oxazole rings is 1. The Balaban J connectivity index is 1.62. The van der Waals surface area contributed by atoms with Gasteiger partial charge in [0.05, 0.1) is 0 Å². The number of rotatable bonds is 3. The molecule has 0 unspecified atom stereocenters. The topological polar surface area (TPSA) is 62.1 Å². The van der Waals surface area contributed by atoms with Gasteiger partial charge in [0.15, 0.2) is 11.5 Å². The maximum atomic E-state index is 11.6. The summed E-state index contributed by atoms with van der Waals surface area (Å²) < 4.78 is 5.78. The zero-order chi connectivity index (χ0) is 13.5. The van der Waals surface area contributed by atoms with Crippen LogP contribution in [0.2, 0.25) is 0 Å². The van der Waals surface area contributed by atoms with Gasteiger partial charge in [-0.2, -0.15) is 0 Å². The molecule has 0 bridgehead atoms. The molecule has 1 N–H and O–H groups in total. The maximum Gasteiger partial charge on any atom is 0.222 e. The molecule has 0 spiro atoms. The van der Waals surface area contributed by atoms with E-state index < -0.39 is 0 Å². The molecule has 2 aromatic heterocycles. The summed E-state index contributed by atoms with van der Waals surface area (Å²) in [7, 11) is 0. The highest BCUT2D eigenvalue weighted by Crippen LogP contribution is 2.25. The van der Waals surface area contributed by atoms with Crippen molar-refractivity contribution in [1.29, 1.82) is 0 Å². The molecule has 1 amide bonds. The molecule has 0 atom stereocenters. The van der Waals surface area contributed by atoms with Gasteiger partial charge in [0.1, 0.15) is 5.52 Å². The first-order valence-electron chi connectivity index (χ1n) is 6.94. The summed E-state index contributed by atoms with van der Waals surface area (Å²) >= 11 is 0. The van der Waals surface area contributed by atoms with Gasteiger partial charge in [-0.05, 0) is 24.6 Å². The van der Waals surface area contributed by atoms with E-state index in [9.17, 15) is 4.79 Å². The molecule has 5 heteroatoms. The summed E-state index contributed by atoms with van der Waals surface area (Å²) in [4.78, 5) is 21.2. The Kier molecular flexibility index (Phi) is 2.52. The highest BCUT2D eigenvalue weighted by molar-refractivity contribution is 6.02. The van der Waals surface area contributed by atoms with Gasteiger partial charge in [0.25, 0.3) is 0 Å². The van der Waals surface area contributed by atoms with Gasteiger partial charge in [0, 0.05) is 43.0 Å². The summed E-state index contributed by atoms with van der Waals surface area (Å²) in [5.41, 5.74) is 2.76. The van der Waals surface area contributed by atoms with Crippen LogP contribution in [0.1, 0.15) is 18.7 Å². The molecule has 0 saturated carbocycles. The molecule has 0 radical (unpaired) electrons. The van der Waals surface area contributed by atoms with Gasteiger partial charge in [-0.1, -0.05) is 0 Å². The molecule has 0 aliphatic carbocycles. The van der Waals surface area contributed by atoms with Crippen molar-refractivity contribution in [2.24, 2.45) is 0 Å². The van der Waals surface area contributed by atoms with Crippen molar-refractivity contribution in [3.8, 4) is 0 Å². The van der Waals surface area contributed by atoms with E-state index >= 15 is 0 Å². The van der Waals surface area contributed by atoms with E-state index in [2.05, 4.69) is 9.97 Å². The molecule has 3 heterocycles. The molecule has 1 saturated heterocycles. The Morgan fingerprint density at radius 1 is 1.35 bits per heavy atom. The van der Waals surface area contributed by atoms with Crippen LogP contribution >= 0.6 is 0 Å². The lowest BCUT2D eigenvalue weighted by Crippen LogP contribution is -2.26. The number of carbonyl (C=O) groups is 1. The van der Waals surface area contributed by atoms with Crippen molar-refractivity contribution in [3.05, 3.63) is 30.3 Å². The van der Waals surface area contributed by atoms with Gasteiger partial charge in [0.2, 0.25) is 5.91 Å². The van der Waals surface area contributed by atoms with Gasteiger partial charge in [-0.25, -0.2) is 4.98 Å². The average Bonchev–Trinajstić information content (AvgIpc) is 3.13. The minimum absolute atomic E-state index is 0.245. The molecule has 20 heavy (non-hydrogen) atoms. The van der Waals surface area contributed by atoms with Crippen LogP contribution in [0.15, 0.2) is 28.8 Å². The molecule has 4 rings (SSSR count). The van der Waals surface area contributed by atoms with E-state index in [4.69, 9.17) is 4.42 Å². The number of hydrogen-bond acceptors (Lipinski definition) is 3. The number of hydrogen-bond donors (Lipinski definition) is 1. The summed E-state index contributed by atoms with van der Waals surface area (Å²) in [5.74, 6) is 0.947. The Labute approximate surface area is 115 Å². The molecule has 102 valence electrons. The second-order valence-electron chi connectivity index (χ2n) is 5.19. The van der Waals surface area contributed by atoms with Crippen LogP contribution in [-0.4, -0.2) is 33.9 Å². The highest BCUT2D eigenvalue weighted by atomic mass is 16.3. The van der Waals surface area contributed by atoms with Crippen molar-refractivity contribution in [2.75, 3.05) is 13.1 Å². The average molecular weight is 269 g/mol. The van der Waals surface area contributed by atoms with E-state index in [1.807, 2.05) is 29.3 Å². The lowest BCUT2D eigenvalue weighted by molar-refractivity contribution is -0.127. The van der Waals surface area contributed by atoms with Crippen LogP contribution in [0.5, 0.6) is 0 Å². The predicted molar refractivity (Wildman–Crippen MR) is 75.4 cm³/mol. The van der Waals surface area contributed by atoms with Crippen LogP contribution < -0.4 is 0 Å². The third-order valence-corrected chi connectivity index (χ3v) is 3.90. The minimum atomic E-state index is 0.245. The molecule has 5 nitrogen and oxygen atoms in total. The monoisotopic (exact) mass is 269 g/mol. The predicted octanol–water partition coefficient (Wildman–Crippen LogP) is 2.47. The number of aromatic amines is 1. The molecular weight excluding hydrogens is 254 g/mol. The second-order valence-corrected chi connectivity index (χ2v) is 5.19. The summed E-state index contributed by atoms with van der Waals surface area (Å²) in [6.07, 6.45) is 4.22. The largest absolute Gasteiger partial charge is 0.441 e. The first-order valence-corrected chi connectivity index (χ1v) is 6.94. The van der Waals surface area contributed by atoms with Gasteiger partial charge in [-0.3, -0.25) is 4.79 Å². The van der Waals surface area contributed by atoms with E-state index in [1.54, 1.807) is 0 Å². The molecular formula is C15H15N3O2. The van der Waals surface area contributed by atoms with E-state index in [0.717, 1.165) is 35.0 Å². The van der Waals surface area contributed by atoms with E-state index in [0.29, 0.717) is 25.3 Å². The quantitative estimate of drug-likeness (QED) is 0.794. The summed E-state index contributed by atoms with van der Waals surface area (Å²) in [6.45, 7) is 1.56. The van der Waals surface area contributed by atoms with Crippen molar-refractivity contribution >= 4 is 27.9 Å². The van der Waals surface area contributed by atoms with Crippen LogP contribution in [-0.2, 0) is 11.2 Å². The molecule has 3 aromatic rings. The third kappa shape index (κ3) is 1.78. The number of nitrogens with zero attached hydrogens (tertiary/aromatic N) is 2. The van der Waals surface area contributed by atoms with Crippen molar-refractivity contribution < 1.29 is 9.21 Å². The molecule has 1 aliphatic rings. The number of H-pyrrole nitrogens is 1. The van der Waals surface area contributed by atoms with Crippen molar-refractivity contribution in [3.63, 3.8) is 0 Å². The number of fused-ring (bicyclic) bond motifs is 3. The SMILES string of the molecule is O=C1CCCN1CCc1nc2c(ccc3[nH]ccc32)o1. The Morgan fingerprint density at radius 2 is 2.30 bits per heavy atom. The number of likely N-dealkylation sites (tertiary alicyclic amines) is 1. The number of aromatic nitrogens is 2. The first-order chi connectivity index (χ1) is 9.81. The molecule has 1 fully saturated rings. The van der Waals surface area contributed by atoms with E-state index in [-0.39, 0.29) is 5.91 Å². The Morgan fingerprint density at radius 3 is 3.15 bits per heavy atom. The summed E-state index contributed by atoms with van der Waals surface area (Å²) in [6, 6.07) is 5.94. The maximum absolute atomic E-state index is 11.6. The number of amides is 1. The van der Waals surface area contributed by atoms with Crippen LogP contribution in [0.3, 0.4) is 0 Å². The van der Waals surface area contributed by atoms with Crippen LogP contribution in [0, 0.1) is 0 Å². The van der Waals surface area contributed by atoms with E-state index in [1.165, 1.54) is 0 Å². The third-order valence-electron chi connectivity index (χ3n) is 3.90. The fraction of sp³-hybridized carbons (Fsp3) is 0.333. The Hall–Kier alpha value is -2.30. The Bertz CT molecular complexity index is 787. The second kappa shape index (κ2) is 4.37. The number of carbonyl (C=O) groups excluding carboxylic acids is 1. The summed E-state index contributed by atoms with van der Waals surface area (Å²) in [5, 5.41) is 1.08. The van der Waals surface area contributed by atoms with Gasteiger partial charge < -0.3 is 14.3 Å². The highest BCUT2D eigenvalue weighted by Gasteiger charge is 2.20. The number of benzene rings is 1. The number of nitrogens with one attached hydrogen (secondary N) is 1. The first kappa shape index (κ1) is 11.5.